The average molecular weight is 340 g/mol. The number of amides is 1. The van der Waals surface area contributed by atoms with Crippen molar-refractivity contribution in [2.24, 2.45) is 0 Å². The molecular formula is C19H24N4O2. The Hall–Kier alpha value is -2.34. The largest absolute Gasteiger partial charge is 0.506 e. The molecule has 2 aliphatic heterocycles. The molecule has 3 heterocycles. The Morgan fingerprint density at radius 2 is 2.24 bits per heavy atom. The molecule has 0 radical (unpaired) electrons. The number of benzene rings is 1. The average Bonchev–Trinajstić information content (AvgIpc) is 3.13. The third-order valence-electron chi connectivity index (χ3n) is 5.37. The molecule has 1 fully saturated rings. The Labute approximate surface area is 147 Å². The summed E-state index contributed by atoms with van der Waals surface area (Å²) in [6, 6.07) is 5.79. The van der Waals surface area contributed by atoms with Crippen LogP contribution in [0.5, 0.6) is 5.75 Å². The molecule has 6 nitrogen and oxygen atoms in total. The lowest BCUT2D eigenvalue weighted by atomic mass is 9.91. The summed E-state index contributed by atoms with van der Waals surface area (Å²) in [4.78, 5) is 14.8. The van der Waals surface area contributed by atoms with Gasteiger partial charge in [0.15, 0.2) is 0 Å². The van der Waals surface area contributed by atoms with Gasteiger partial charge in [-0.15, -0.1) is 0 Å². The van der Waals surface area contributed by atoms with E-state index in [4.69, 9.17) is 0 Å². The lowest BCUT2D eigenvalue weighted by Crippen LogP contribution is -2.36. The zero-order chi connectivity index (χ0) is 17.4. The lowest BCUT2D eigenvalue weighted by molar-refractivity contribution is 0.0983. The maximum Gasteiger partial charge on any atom is 0.261 e. The molecule has 2 atom stereocenters. The van der Waals surface area contributed by atoms with E-state index in [0.29, 0.717) is 29.8 Å². The van der Waals surface area contributed by atoms with E-state index in [9.17, 15) is 9.90 Å². The molecule has 2 aliphatic rings. The monoisotopic (exact) mass is 340 g/mol. The first-order valence-electron chi connectivity index (χ1n) is 9.04. The SMILES string of the molecule is CC1CCN(C(=O)c2cnn(C3CCCNC3)c2)c2c(O)cccc21. The third-order valence-corrected chi connectivity index (χ3v) is 5.37. The maximum absolute atomic E-state index is 13.1. The van der Waals surface area contributed by atoms with Crippen molar-refractivity contribution in [1.29, 1.82) is 0 Å². The molecule has 0 saturated carbocycles. The van der Waals surface area contributed by atoms with E-state index < -0.39 is 0 Å². The third kappa shape index (κ3) is 2.91. The van der Waals surface area contributed by atoms with Crippen LogP contribution in [0.2, 0.25) is 0 Å². The second-order valence-corrected chi connectivity index (χ2v) is 7.07. The number of aromatic hydroxyl groups is 1. The number of piperidine rings is 1. The summed E-state index contributed by atoms with van der Waals surface area (Å²) in [5.74, 6) is 0.410. The van der Waals surface area contributed by atoms with E-state index in [1.54, 1.807) is 17.2 Å². The molecule has 2 N–H and O–H groups in total. The summed E-state index contributed by atoms with van der Waals surface area (Å²) in [6.07, 6.45) is 6.58. The molecular weight excluding hydrogens is 316 g/mol. The molecule has 1 amide bonds. The van der Waals surface area contributed by atoms with Crippen molar-refractivity contribution < 1.29 is 9.90 Å². The van der Waals surface area contributed by atoms with Gasteiger partial charge in [0.05, 0.1) is 23.5 Å². The topological polar surface area (TPSA) is 70.4 Å². The van der Waals surface area contributed by atoms with Crippen molar-refractivity contribution >= 4 is 11.6 Å². The van der Waals surface area contributed by atoms with Gasteiger partial charge in [-0.2, -0.15) is 5.10 Å². The van der Waals surface area contributed by atoms with E-state index in [2.05, 4.69) is 17.3 Å². The van der Waals surface area contributed by atoms with Crippen molar-refractivity contribution in [3.05, 3.63) is 41.7 Å². The van der Waals surface area contributed by atoms with Gasteiger partial charge in [0.25, 0.3) is 5.91 Å². The van der Waals surface area contributed by atoms with Gasteiger partial charge in [-0.1, -0.05) is 19.1 Å². The molecule has 1 aromatic carbocycles. The summed E-state index contributed by atoms with van der Waals surface area (Å²) >= 11 is 0. The second kappa shape index (κ2) is 6.52. The van der Waals surface area contributed by atoms with Crippen molar-refractivity contribution in [3.8, 4) is 5.75 Å². The number of hydrogen-bond donors (Lipinski definition) is 2. The Morgan fingerprint density at radius 1 is 1.36 bits per heavy atom. The number of rotatable bonds is 2. The number of phenols is 1. The summed E-state index contributed by atoms with van der Waals surface area (Å²) in [6.45, 7) is 4.68. The molecule has 6 heteroatoms. The first-order valence-corrected chi connectivity index (χ1v) is 9.04. The van der Waals surface area contributed by atoms with Crippen LogP contribution in [0, 0.1) is 0 Å². The Morgan fingerprint density at radius 3 is 3.04 bits per heavy atom. The van der Waals surface area contributed by atoms with Crippen LogP contribution in [0.4, 0.5) is 5.69 Å². The number of para-hydroxylation sites is 1. The van der Waals surface area contributed by atoms with Crippen molar-refractivity contribution in [2.75, 3.05) is 24.5 Å². The number of nitrogens with one attached hydrogen (secondary N) is 1. The predicted octanol–water partition coefficient (Wildman–Crippen LogP) is 2.67. The van der Waals surface area contributed by atoms with Gasteiger partial charge in [0, 0.05) is 19.3 Å². The molecule has 1 saturated heterocycles. The fraction of sp³-hybridized carbons (Fsp3) is 0.474. The maximum atomic E-state index is 13.1. The van der Waals surface area contributed by atoms with Crippen LogP contribution in [0.15, 0.2) is 30.6 Å². The first kappa shape index (κ1) is 16.1. The molecule has 25 heavy (non-hydrogen) atoms. The van der Waals surface area contributed by atoms with Gasteiger partial charge in [-0.05, 0) is 43.4 Å². The Bertz CT molecular complexity index is 779. The molecule has 0 bridgehead atoms. The minimum atomic E-state index is -0.0929. The van der Waals surface area contributed by atoms with Crippen LogP contribution in [0.25, 0.3) is 0 Å². The van der Waals surface area contributed by atoms with Gasteiger partial charge in [-0.3, -0.25) is 9.48 Å². The normalized spacial score (nSPS) is 23.3. The smallest absolute Gasteiger partial charge is 0.261 e. The molecule has 132 valence electrons. The van der Waals surface area contributed by atoms with Crippen molar-refractivity contribution in [3.63, 3.8) is 0 Å². The minimum absolute atomic E-state index is 0.0929. The van der Waals surface area contributed by atoms with E-state index in [-0.39, 0.29) is 11.7 Å². The summed E-state index contributed by atoms with van der Waals surface area (Å²) in [5.41, 5.74) is 2.26. The second-order valence-electron chi connectivity index (χ2n) is 7.07. The van der Waals surface area contributed by atoms with Crippen LogP contribution in [-0.2, 0) is 0 Å². The molecule has 0 aliphatic carbocycles. The van der Waals surface area contributed by atoms with Gasteiger partial charge < -0.3 is 15.3 Å². The summed E-state index contributed by atoms with van der Waals surface area (Å²) < 4.78 is 1.90. The molecule has 0 spiro atoms. The van der Waals surface area contributed by atoms with Crippen molar-refractivity contribution in [2.45, 2.75) is 38.1 Å². The minimum Gasteiger partial charge on any atom is -0.506 e. The van der Waals surface area contributed by atoms with Gasteiger partial charge in [-0.25, -0.2) is 0 Å². The van der Waals surface area contributed by atoms with Crippen molar-refractivity contribution in [1.82, 2.24) is 15.1 Å². The van der Waals surface area contributed by atoms with Gasteiger partial charge >= 0.3 is 0 Å². The van der Waals surface area contributed by atoms with E-state index in [0.717, 1.165) is 37.9 Å². The quantitative estimate of drug-likeness (QED) is 0.882. The fourth-order valence-electron chi connectivity index (χ4n) is 3.90. The van der Waals surface area contributed by atoms with E-state index in [1.807, 2.05) is 23.0 Å². The van der Waals surface area contributed by atoms with Gasteiger partial charge in [0.1, 0.15) is 5.75 Å². The highest BCUT2D eigenvalue weighted by atomic mass is 16.3. The summed E-state index contributed by atoms with van der Waals surface area (Å²) in [5, 5.41) is 18.1. The van der Waals surface area contributed by atoms with Crippen LogP contribution in [0.3, 0.4) is 0 Å². The van der Waals surface area contributed by atoms with Crippen LogP contribution >= 0.6 is 0 Å². The highest BCUT2D eigenvalue weighted by molar-refractivity contribution is 6.07. The van der Waals surface area contributed by atoms with Crippen LogP contribution < -0.4 is 10.2 Å². The van der Waals surface area contributed by atoms with Crippen LogP contribution in [-0.4, -0.2) is 40.4 Å². The number of nitrogens with zero attached hydrogens (tertiary/aromatic N) is 3. The first-order chi connectivity index (χ1) is 12.1. The number of phenolic OH excluding ortho intramolecular Hbond substituents is 1. The standard InChI is InChI=1S/C19H24N4O2/c1-13-7-9-22(18-16(13)5-2-6-17(18)24)19(25)14-10-21-23(12-14)15-4-3-8-20-11-15/h2,5-6,10,12-13,15,20,24H,3-4,7-9,11H2,1H3. The zero-order valence-corrected chi connectivity index (χ0v) is 14.5. The Balaban J connectivity index is 1.62. The highest BCUT2D eigenvalue weighted by Gasteiger charge is 2.30. The number of carbonyl (C=O) groups is 1. The number of anilines is 1. The fourth-order valence-corrected chi connectivity index (χ4v) is 3.90. The number of hydrogen-bond acceptors (Lipinski definition) is 4. The zero-order valence-electron chi connectivity index (χ0n) is 14.5. The van der Waals surface area contributed by atoms with E-state index >= 15 is 0 Å². The number of carbonyl (C=O) groups excluding carboxylic acids is 1. The van der Waals surface area contributed by atoms with E-state index in [1.165, 1.54) is 0 Å². The summed E-state index contributed by atoms with van der Waals surface area (Å²) in [7, 11) is 0. The molecule has 2 unspecified atom stereocenters. The molecule has 2 aromatic rings. The number of fused-ring (bicyclic) bond motifs is 1. The lowest BCUT2D eigenvalue weighted by Gasteiger charge is -2.33. The number of aromatic nitrogens is 2. The Kier molecular flexibility index (Phi) is 4.21. The molecule has 4 rings (SSSR count). The van der Waals surface area contributed by atoms with Crippen LogP contribution in [0.1, 0.15) is 54.1 Å². The predicted molar refractivity (Wildman–Crippen MR) is 96.2 cm³/mol. The van der Waals surface area contributed by atoms with Gasteiger partial charge in [0.2, 0.25) is 0 Å². The highest BCUT2D eigenvalue weighted by Crippen LogP contribution is 2.41. The molecule has 1 aromatic heterocycles.